The minimum absolute atomic E-state index is 0.00461. The van der Waals surface area contributed by atoms with Gasteiger partial charge in [0.15, 0.2) is 0 Å². The van der Waals surface area contributed by atoms with E-state index in [1.807, 2.05) is 4.90 Å². The van der Waals surface area contributed by atoms with Gasteiger partial charge < -0.3 is 5.11 Å². The van der Waals surface area contributed by atoms with E-state index >= 15 is 0 Å². The standard InChI is InChI=1S/C18H22F2N4O/c1-4-8-23(9-5-2)14(3)18(25,11-24-13-21-12-22-24)16-7-6-15(19)10-17(16)20/h4-7,10,12-14,25H,1-2,8-9,11H2,3H3/t14-,18-/m1/s1. The number of aromatic nitrogens is 3. The van der Waals surface area contributed by atoms with Crippen molar-refractivity contribution < 1.29 is 13.9 Å². The molecule has 5 nitrogen and oxygen atoms in total. The Morgan fingerprint density at radius 2 is 2.00 bits per heavy atom. The summed E-state index contributed by atoms with van der Waals surface area (Å²) < 4.78 is 29.2. The molecule has 7 heteroatoms. The Kier molecular flexibility index (Phi) is 6.17. The van der Waals surface area contributed by atoms with Crippen LogP contribution in [0.25, 0.3) is 0 Å². The predicted octanol–water partition coefficient (Wildman–Crippen LogP) is 2.51. The summed E-state index contributed by atoms with van der Waals surface area (Å²) in [6, 6.07) is 2.62. The molecule has 0 aliphatic heterocycles. The van der Waals surface area contributed by atoms with Crippen LogP contribution in [0.4, 0.5) is 8.78 Å². The molecule has 25 heavy (non-hydrogen) atoms. The van der Waals surface area contributed by atoms with Crippen LogP contribution in [0.1, 0.15) is 12.5 Å². The molecule has 2 atom stereocenters. The average Bonchev–Trinajstić information content (AvgIpc) is 3.06. The predicted molar refractivity (Wildman–Crippen MR) is 91.7 cm³/mol. The van der Waals surface area contributed by atoms with E-state index in [2.05, 4.69) is 23.2 Å². The Bertz CT molecular complexity index is 710. The van der Waals surface area contributed by atoms with E-state index in [4.69, 9.17) is 0 Å². The summed E-state index contributed by atoms with van der Waals surface area (Å²) in [5, 5.41) is 15.5. The Labute approximate surface area is 145 Å². The van der Waals surface area contributed by atoms with Gasteiger partial charge in [-0.3, -0.25) is 4.90 Å². The average molecular weight is 348 g/mol. The molecular formula is C18H22F2N4O. The SMILES string of the molecule is C=CCN(CC=C)[C@H](C)[C@](O)(Cn1cncn1)c1ccc(F)cc1F. The fourth-order valence-electron chi connectivity index (χ4n) is 2.87. The third kappa shape index (κ3) is 4.18. The third-order valence-electron chi connectivity index (χ3n) is 4.23. The lowest BCUT2D eigenvalue weighted by atomic mass is 9.85. The van der Waals surface area contributed by atoms with Crippen LogP contribution >= 0.6 is 0 Å². The van der Waals surface area contributed by atoms with E-state index in [0.29, 0.717) is 13.1 Å². The lowest BCUT2D eigenvalue weighted by Gasteiger charge is -2.40. The second-order valence-corrected chi connectivity index (χ2v) is 5.85. The van der Waals surface area contributed by atoms with Crippen molar-refractivity contribution in [1.82, 2.24) is 19.7 Å². The number of hydrogen-bond donors (Lipinski definition) is 1. The fraction of sp³-hybridized carbons (Fsp3) is 0.333. The van der Waals surface area contributed by atoms with Crippen LogP contribution in [0.3, 0.4) is 0 Å². The quantitative estimate of drug-likeness (QED) is 0.708. The molecule has 2 aromatic rings. The summed E-state index contributed by atoms with van der Waals surface area (Å²) in [6.07, 6.45) is 6.15. The first-order valence-electron chi connectivity index (χ1n) is 7.88. The van der Waals surface area contributed by atoms with E-state index in [0.717, 1.165) is 12.1 Å². The molecule has 0 radical (unpaired) electrons. The molecule has 0 saturated heterocycles. The van der Waals surface area contributed by atoms with Gasteiger partial charge in [-0.25, -0.2) is 18.4 Å². The normalized spacial score (nSPS) is 14.9. The van der Waals surface area contributed by atoms with Gasteiger partial charge in [-0.2, -0.15) is 5.10 Å². The Morgan fingerprint density at radius 1 is 1.32 bits per heavy atom. The molecule has 1 N–H and O–H groups in total. The van der Waals surface area contributed by atoms with Gasteiger partial charge in [-0.05, 0) is 13.0 Å². The first-order valence-corrected chi connectivity index (χ1v) is 7.88. The van der Waals surface area contributed by atoms with Crippen LogP contribution in [-0.4, -0.2) is 43.9 Å². The van der Waals surface area contributed by atoms with Gasteiger partial charge in [0.25, 0.3) is 0 Å². The van der Waals surface area contributed by atoms with Gasteiger partial charge in [-0.15, -0.1) is 13.2 Å². The van der Waals surface area contributed by atoms with Crippen molar-refractivity contribution in [3.8, 4) is 0 Å². The van der Waals surface area contributed by atoms with E-state index < -0.39 is 23.3 Å². The lowest BCUT2D eigenvalue weighted by Crippen LogP contribution is -2.52. The number of benzene rings is 1. The van der Waals surface area contributed by atoms with Gasteiger partial charge >= 0.3 is 0 Å². The largest absolute Gasteiger partial charge is 0.381 e. The maximum Gasteiger partial charge on any atom is 0.137 e. The maximum atomic E-state index is 14.5. The van der Waals surface area contributed by atoms with E-state index in [1.165, 1.54) is 23.4 Å². The molecule has 0 bridgehead atoms. The molecule has 2 rings (SSSR count). The highest BCUT2D eigenvalue weighted by Crippen LogP contribution is 2.32. The zero-order valence-electron chi connectivity index (χ0n) is 14.1. The molecule has 1 aromatic heterocycles. The molecule has 0 amide bonds. The molecule has 1 heterocycles. The van der Waals surface area contributed by atoms with Crippen molar-refractivity contribution in [2.24, 2.45) is 0 Å². The van der Waals surface area contributed by atoms with Crippen molar-refractivity contribution in [3.63, 3.8) is 0 Å². The van der Waals surface area contributed by atoms with Crippen LogP contribution in [0.2, 0.25) is 0 Å². The number of rotatable bonds is 9. The summed E-state index contributed by atoms with van der Waals surface area (Å²) in [7, 11) is 0. The third-order valence-corrected chi connectivity index (χ3v) is 4.23. The second-order valence-electron chi connectivity index (χ2n) is 5.85. The van der Waals surface area contributed by atoms with Crippen LogP contribution in [0.15, 0.2) is 56.2 Å². The van der Waals surface area contributed by atoms with Gasteiger partial charge in [-0.1, -0.05) is 18.2 Å². The Balaban J connectivity index is 2.50. The number of hydrogen-bond acceptors (Lipinski definition) is 4. The summed E-state index contributed by atoms with van der Waals surface area (Å²) >= 11 is 0. The number of aliphatic hydroxyl groups is 1. The molecular weight excluding hydrogens is 326 g/mol. The van der Waals surface area contributed by atoms with Gasteiger partial charge in [0.05, 0.1) is 6.54 Å². The summed E-state index contributed by atoms with van der Waals surface area (Å²) in [6.45, 7) is 10.1. The van der Waals surface area contributed by atoms with Crippen molar-refractivity contribution in [2.75, 3.05) is 13.1 Å². The summed E-state index contributed by atoms with van der Waals surface area (Å²) in [5.74, 6) is -1.52. The molecule has 0 spiro atoms. The van der Waals surface area contributed by atoms with Crippen molar-refractivity contribution in [1.29, 1.82) is 0 Å². The monoisotopic (exact) mass is 348 g/mol. The van der Waals surface area contributed by atoms with Crippen molar-refractivity contribution in [3.05, 3.63) is 73.4 Å². The van der Waals surface area contributed by atoms with Crippen molar-refractivity contribution >= 4 is 0 Å². The highest BCUT2D eigenvalue weighted by Gasteiger charge is 2.41. The summed E-state index contributed by atoms with van der Waals surface area (Å²) in [5.41, 5.74) is -1.67. The summed E-state index contributed by atoms with van der Waals surface area (Å²) in [4.78, 5) is 5.74. The first kappa shape index (κ1) is 19.0. The molecule has 0 fully saturated rings. The molecule has 0 aliphatic carbocycles. The highest BCUT2D eigenvalue weighted by molar-refractivity contribution is 5.27. The Morgan fingerprint density at radius 3 is 2.52 bits per heavy atom. The minimum Gasteiger partial charge on any atom is -0.381 e. The highest BCUT2D eigenvalue weighted by atomic mass is 19.1. The zero-order valence-corrected chi connectivity index (χ0v) is 14.1. The molecule has 134 valence electrons. The first-order chi connectivity index (χ1) is 11.9. The van der Waals surface area contributed by atoms with E-state index in [1.54, 1.807) is 19.1 Å². The van der Waals surface area contributed by atoms with Crippen molar-refractivity contribution in [2.45, 2.75) is 25.1 Å². The number of halogens is 2. The lowest BCUT2D eigenvalue weighted by molar-refractivity contribution is -0.0581. The van der Waals surface area contributed by atoms with E-state index in [9.17, 15) is 13.9 Å². The topological polar surface area (TPSA) is 54.2 Å². The molecule has 1 aromatic carbocycles. The van der Waals surface area contributed by atoms with Crippen LogP contribution in [-0.2, 0) is 12.1 Å². The van der Waals surface area contributed by atoms with Crippen LogP contribution < -0.4 is 0 Å². The number of nitrogens with zero attached hydrogens (tertiary/aromatic N) is 4. The van der Waals surface area contributed by atoms with Gasteiger partial charge in [0.1, 0.15) is 29.9 Å². The smallest absolute Gasteiger partial charge is 0.137 e. The fourth-order valence-corrected chi connectivity index (χ4v) is 2.87. The molecule has 0 saturated carbocycles. The van der Waals surface area contributed by atoms with Crippen LogP contribution in [0, 0.1) is 11.6 Å². The Hall–Kier alpha value is -2.38. The second kappa shape index (κ2) is 8.13. The molecule has 0 unspecified atom stereocenters. The van der Waals surface area contributed by atoms with Crippen LogP contribution in [0.5, 0.6) is 0 Å². The molecule has 0 aliphatic rings. The van der Waals surface area contributed by atoms with E-state index in [-0.39, 0.29) is 12.1 Å². The maximum absolute atomic E-state index is 14.5. The van der Waals surface area contributed by atoms with Gasteiger partial charge in [0, 0.05) is 30.8 Å². The zero-order chi connectivity index (χ0) is 18.4. The minimum atomic E-state index is -1.67. The van der Waals surface area contributed by atoms with Gasteiger partial charge in [0.2, 0.25) is 0 Å².